The molecular weight excluding hydrogens is 224 g/mol. The van der Waals surface area contributed by atoms with Gasteiger partial charge in [-0.2, -0.15) is 0 Å². The van der Waals surface area contributed by atoms with Gasteiger partial charge in [-0.15, -0.1) is 0 Å². The maximum atomic E-state index is 9.66. The molecule has 94 valence electrons. The fraction of sp³-hybridized carbons (Fsp3) is 0.250. The molecule has 0 bridgehead atoms. The van der Waals surface area contributed by atoms with E-state index in [9.17, 15) is 5.11 Å². The zero-order valence-electron chi connectivity index (χ0n) is 10.8. The molecule has 0 saturated heterocycles. The van der Waals surface area contributed by atoms with Crippen LogP contribution in [0.4, 0.5) is 0 Å². The lowest BCUT2D eigenvalue weighted by atomic mass is 10.1. The summed E-state index contributed by atoms with van der Waals surface area (Å²) in [4.78, 5) is 0. The molecule has 18 heavy (non-hydrogen) atoms. The van der Waals surface area contributed by atoms with Gasteiger partial charge in [-0.25, -0.2) is 0 Å². The summed E-state index contributed by atoms with van der Waals surface area (Å²) in [5, 5.41) is 9.66. The zero-order valence-corrected chi connectivity index (χ0v) is 10.8. The highest BCUT2D eigenvalue weighted by molar-refractivity contribution is 5.35. The normalized spacial score (nSPS) is 12.2. The smallest absolute Gasteiger partial charge is 0.125 e. The van der Waals surface area contributed by atoms with Gasteiger partial charge in [-0.05, 0) is 25.5 Å². The van der Waals surface area contributed by atoms with E-state index in [0.717, 1.165) is 16.9 Å². The van der Waals surface area contributed by atoms with E-state index < -0.39 is 6.10 Å². The third-order valence-electron chi connectivity index (χ3n) is 2.88. The Morgan fingerprint density at radius 1 is 1.06 bits per heavy atom. The number of hydrogen-bond acceptors (Lipinski definition) is 2. The summed E-state index contributed by atoms with van der Waals surface area (Å²) in [6, 6.07) is 15.8. The molecule has 2 heteroatoms. The van der Waals surface area contributed by atoms with E-state index in [-0.39, 0.29) is 0 Å². The third kappa shape index (κ3) is 3.11. The Morgan fingerprint density at radius 3 is 2.39 bits per heavy atom. The molecule has 0 heterocycles. The maximum absolute atomic E-state index is 9.66. The van der Waals surface area contributed by atoms with Crippen LogP contribution in [0.25, 0.3) is 0 Å². The molecule has 2 aromatic carbocycles. The van der Waals surface area contributed by atoms with E-state index in [1.807, 2.05) is 24.3 Å². The van der Waals surface area contributed by atoms with Gasteiger partial charge in [-0.3, -0.25) is 0 Å². The lowest BCUT2D eigenvalue weighted by Crippen LogP contribution is -2.00. The van der Waals surface area contributed by atoms with Gasteiger partial charge < -0.3 is 9.84 Å². The predicted octanol–water partition coefficient (Wildman–Crippen LogP) is 3.63. The molecular formula is C16H18O2. The Labute approximate surface area is 108 Å². The summed E-state index contributed by atoms with van der Waals surface area (Å²) in [5.74, 6) is 0.744. The van der Waals surface area contributed by atoms with E-state index >= 15 is 0 Å². The van der Waals surface area contributed by atoms with Gasteiger partial charge in [-0.1, -0.05) is 48.0 Å². The summed E-state index contributed by atoms with van der Waals surface area (Å²) >= 11 is 0. The first-order chi connectivity index (χ1) is 8.66. The standard InChI is InChI=1S/C16H18O2/c1-12-7-9-14(10-8-12)11-18-16-6-4-3-5-15(16)13(2)17/h3-10,13,17H,11H2,1-2H3/t13-/m1/s1. The highest BCUT2D eigenvalue weighted by Crippen LogP contribution is 2.25. The van der Waals surface area contributed by atoms with Crippen LogP contribution >= 0.6 is 0 Å². The lowest BCUT2D eigenvalue weighted by molar-refractivity contribution is 0.190. The Balaban J connectivity index is 2.08. The molecule has 0 spiro atoms. The van der Waals surface area contributed by atoms with Gasteiger partial charge in [0, 0.05) is 5.56 Å². The molecule has 0 aromatic heterocycles. The van der Waals surface area contributed by atoms with Gasteiger partial charge in [0.05, 0.1) is 6.10 Å². The molecule has 2 nitrogen and oxygen atoms in total. The Kier molecular flexibility index (Phi) is 4.00. The van der Waals surface area contributed by atoms with Crippen LogP contribution in [0.5, 0.6) is 5.75 Å². The van der Waals surface area contributed by atoms with Crippen LogP contribution in [-0.4, -0.2) is 5.11 Å². The number of aliphatic hydroxyl groups is 1. The summed E-state index contributed by atoms with van der Waals surface area (Å²) < 4.78 is 5.76. The van der Waals surface area contributed by atoms with Gasteiger partial charge in [0.2, 0.25) is 0 Å². The van der Waals surface area contributed by atoms with Crippen LogP contribution in [0, 0.1) is 6.92 Å². The summed E-state index contributed by atoms with van der Waals surface area (Å²) in [6.45, 7) is 4.32. The van der Waals surface area contributed by atoms with Crippen molar-refractivity contribution in [2.24, 2.45) is 0 Å². The van der Waals surface area contributed by atoms with Crippen LogP contribution in [0.3, 0.4) is 0 Å². The summed E-state index contributed by atoms with van der Waals surface area (Å²) in [5.41, 5.74) is 3.19. The van der Waals surface area contributed by atoms with Crippen molar-refractivity contribution in [3.05, 3.63) is 65.2 Å². The fourth-order valence-electron chi connectivity index (χ4n) is 1.80. The monoisotopic (exact) mass is 242 g/mol. The van der Waals surface area contributed by atoms with E-state index in [2.05, 4.69) is 31.2 Å². The van der Waals surface area contributed by atoms with Crippen molar-refractivity contribution in [2.45, 2.75) is 26.6 Å². The van der Waals surface area contributed by atoms with Crippen molar-refractivity contribution < 1.29 is 9.84 Å². The minimum atomic E-state index is -0.515. The van der Waals surface area contributed by atoms with Crippen molar-refractivity contribution in [3.63, 3.8) is 0 Å². The molecule has 0 fully saturated rings. The predicted molar refractivity (Wildman–Crippen MR) is 72.6 cm³/mol. The highest BCUT2D eigenvalue weighted by Gasteiger charge is 2.07. The second kappa shape index (κ2) is 5.69. The number of hydrogen-bond donors (Lipinski definition) is 1. The van der Waals surface area contributed by atoms with Crippen molar-refractivity contribution in [1.29, 1.82) is 0 Å². The topological polar surface area (TPSA) is 29.5 Å². The fourth-order valence-corrected chi connectivity index (χ4v) is 1.80. The van der Waals surface area contributed by atoms with Crippen LogP contribution in [0.2, 0.25) is 0 Å². The Morgan fingerprint density at radius 2 is 1.72 bits per heavy atom. The molecule has 0 saturated carbocycles. The first kappa shape index (κ1) is 12.7. The third-order valence-corrected chi connectivity index (χ3v) is 2.88. The molecule has 0 aliphatic carbocycles. The molecule has 0 aliphatic heterocycles. The maximum Gasteiger partial charge on any atom is 0.125 e. The molecule has 0 aliphatic rings. The lowest BCUT2D eigenvalue weighted by Gasteiger charge is -2.13. The molecule has 2 aromatic rings. The van der Waals surface area contributed by atoms with E-state index in [0.29, 0.717) is 6.61 Å². The molecule has 2 rings (SSSR count). The van der Waals surface area contributed by atoms with E-state index in [4.69, 9.17) is 4.74 Å². The Hall–Kier alpha value is -1.80. The van der Waals surface area contributed by atoms with Gasteiger partial charge >= 0.3 is 0 Å². The molecule has 0 radical (unpaired) electrons. The van der Waals surface area contributed by atoms with E-state index in [1.54, 1.807) is 6.92 Å². The molecule has 1 N–H and O–H groups in total. The molecule has 0 amide bonds. The first-order valence-electron chi connectivity index (χ1n) is 6.12. The van der Waals surface area contributed by atoms with Crippen LogP contribution in [0.15, 0.2) is 48.5 Å². The van der Waals surface area contributed by atoms with Crippen molar-refractivity contribution in [3.8, 4) is 5.75 Å². The van der Waals surface area contributed by atoms with Crippen LogP contribution in [-0.2, 0) is 6.61 Å². The summed E-state index contributed by atoms with van der Waals surface area (Å²) in [6.07, 6.45) is -0.515. The SMILES string of the molecule is Cc1ccc(COc2ccccc2[C@@H](C)O)cc1. The second-order valence-electron chi connectivity index (χ2n) is 4.49. The number of para-hydroxylation sites is 1. The minimum Gasteiger partial charge on any atom is -0.489 e. The number of benzene rings is 2. The second-order valence-corrected chi connectivity index (χ2v) is 4.49. The van der Waals surface area contributed by atoms with Crippen molar-refractivity contribution in [1.82, 2.24) is 0 Å². The van der Waals surface area contributed by atoms with Gasteiger partial charge in [0.15, 0.2) is 0 Å². The first-order valence-corrected chi connectivity index (χ1v) is 6.12. The van der Waals surface area contributed by atoms with E-state index in [1.165, 1.54) is 5.56 Å². The van der Waals surface area contributed by atoms with Gasteiger partial charge in [0.25, 0.3) is 0 Å². The average molecular weight is 242 g/mol. The summed E-state index contributed by atoms with van der Waals surface area (Å²) in [7, 11) is 0. The molecule has 0 unspecified atom stereocenters. The Bertz CT molecular complexity index is 501. The highest BCUT2D eigenvalue weighted by atomic mass is 16.5. The quantitative estimate of drug-likeness (QED) is 0.887. The largest absolute Gasteiger partial charge is 0.489 e. The number of aryl methyl sites for hydroxylation is 1. The van der Waals surface area contributed by atoms with Crippen molar-refractivity contribution >= 4 is 0 Å². The van der Waals surface area contributed by atoms with Crippen LogP contribution in [0.1, 0.15) is 29.7 Å². The number of aliphatic hydroxyl groups excluding tert-OH is 1. The average Bonchev–Trinajstić information content (AvgIpc) is 2.38. The van der Waals surface area contributed by atoms with Gasteiger partial charge in [0.1, 0.15) is 12.4 Å². The molecule has 1 atom stereocenters. The minimum absolute atomic E-state index is 0.515. The van der Waals surface area contributed by atoms with Crippen LogP contribution < -0.4 is 4.74 Å². The number of rotatable bonds is 4. The number of ether oxygens (including phenoxy) is 1. The zero-order chi connectivity index (χ0) is 13.0. The van der Waals surface area contributed by atoms with Crippen molar-refractivity contribution in [2.75, 3.05) is 0 Å².